The van der Waals surface area contributed by atoms with Crippen LogP contribution in [0.4, 0.5) is 0 Å². The monoisotopic (exact) mass is 372 g/mol. The minimum atomic E-state index is 0.775. The average molecular weight is 373 g/mol. The lowest BCUT2D eigenvalue weighted by molar-refractivity contribution is 0.482. The maximum Gasteiger partial charge on any atom is 0.128 e. The Kier molecular flexibility index (Phi) is 4.89. The van der Waals surface area contributed by atoms with Crippen LogP contribution in [0.5, 0.6) is 11.5 Å². The molecule has 0 fully saturated rings. The van der Waals surface area contributed by atoms with E-state index >= 15 is 0 Å². The van der Waals surface area contributed by atoms with Gasteiger partial charge in [0.15, 0.2) is 0 Å². The van der Waals surface area contributed by atoms with Crippen LogP contribution < -0.4 is 4.74 Å². The molecule has 1 nitrogen and oxygen atoms in total. The second-order valence-corrected chi connectivity index (χ2v) is 5.60. The van der Waals surface area contributed by atoms with Crippen LogP contribution in [0.2, 0.25) is 5.02 Å². The van der Waals surface area contributed by atoms with E-state index in [2.05, 4.69) is 22.6 Å². The van der Waals surface area contributed by atoms with E-state index in [1.54, 1.807) is 0 Å². The number of hydrogen-bond acceptors (Lipinski definition) is 1. The molecular formula is C15H14ClIO. The van der Waals surface area contributed by atoms with Crippen LogP contribution in [0.15, 0.2) is 42.5 Å². The Balaban J connectivity index is 2.17. The highest BCUT2D eigenvalue weighted by Gasteiger charge is 2.03. The lowest BCUT2D eigenvalue weighted by Gasteiger charge is -2.08. The molecule has 0 radical (unpaired) electrons. The zero-order valence-corrected chi connectivity index (χ0v) is 13.0. The largest absolute Gasteiger partial charge is 0.457 e. The van der Waals surface area contributed by atoms with Gasteiger partial charge >= 0.3 is 0 Å². The van der Waals surface area contributed by atoms with Crippen molar-refractivity contribution in [3.63, 3.8) is 0 Å². The zero-order chi connectivity index (χ0) is 13.0. The van der Waals surface area contributed by atoms with E-state index in [9.17, 15) is 0 Å². The first kappa shape index (κ1) is 13.7. The normalized spacial score (nSPS) is 10.4. The van der Waals surface area contributed by atoms with E-state index < -0.39 is 0 Å². The van der Waals surface area contributed by atoms with Gasteiger partial charge in [0.05, 0.1) is 0 Å². The molecule has 0 atom stereocenters. The summed E-state index contributed by atoms with van der Waals surface area (Å²) >= 11 is 8.57. The number of rotatable bonds is 4. The van der Waals surface area contributed by atoms with Crippen molar-refractivity contribution in [3.05, 3.63) is 58.6 Å². The smallest absolute Gasteiger partial charge is 0.128 e. The Morgan fingerprint density at radius 3 is 2.56 bits per heavy atom. The molecule has 0 saturated carbocycles. The molecule has 0 saturated heterocycles. The number of alkyl halides is 1. The Bertz CT molecular complexity index is 540. The summed E-state index contributed by atoms with van der Waals surface area (Å²) in [6, 6.07) is 13.9. The van der Waals surface area contributed by atoms with Gasteiger partial charge in [-0.2, -0.15) is 0 Å². The van der Waals surface area contributed by atoms with E-state index in [4.69, 9.17) is 16.3 Å². The van der Waals surface area contributed by atoms with Crippen molar-refractivity contribution in [2.45, 2.75) is 13.3 Å². The summed E-state index contributed by atoms with van der Waals surface area (Å²) in [6.45, 7) is 2.04. The fourth-order valence-corrected chi connectivity index (χ4v) is 2.56. The second-order valence-electron chi connectivity index (χ2n) is 4.11. The molecule has 18 heavy (non-hydrogen) atoms. The molecule has 0 heterocycles. The predicted octanol–water partition coefficient (Wildman–Crippen LogP) is 5.42. The van der Waals surface area contributed by atoms with Crippen molar-refractivity contribution in [3.8, 4) is 11.5 Å². The van der Waals surface area contributed by atoms with Crippen molar-refractivity contribution >= 4 is 34.2 Å². The van der Waals surface area contributed by atoms with E-state index in [1.165, 1.54) is 11.1 Å². The van der Waals surface area contributed by atoms with Gasteiger partial charge in [-0.3, -0.25) is 0 Å². The summed E-state index contributed by atoms with van der Waals surface area (Å²) in [6.07, 6.45) is 0.990. The summed E-state index contributed by atoms with van der Waals surface area (Å²) in [5, 5.41) is 0.775. The Morgan fingerprint density at radius 2 is 1.89 bits per heavy atom. The standard InChI is InChI=1S/C15H14ClIO/c1-11-3-2-4-13(9-11)18-14-6-5-12(7-8-17)15(16)10-14/h2-6,9-10H,7-8H2,1H3. The lowest BCUT2D eigenvalue weighted by Crippen LogP contribution is -1.89. The molecule has 0 amide bonds. The fraction of sp³-hybridized carbons (Fsp3) is 0.200. The van der Waals surface area contributed by atoms with Gasteiger partial charge in [-0.25, -0.2) is 0 Å². The highest BCUT2D eigenvalue weighted by Crippen LogP contribution is 2.27. The van der Waals surface area contributed by atoms with Crippen molar-refractivity contribution < 1.29 is 4.74 Å². The second kappa shape index (κ2) is 6.43. The average Bonchev–Trinajstić information content (AvgIpc) is 2.33. The first-order valence-corrected chi connectivity index (χ1v) is 7.68. The van der Waals surface area contributed by atoms with Gasteiger partial charge in [-0.15, -0.1) is 0 Å². The first-order valence-electron chi connectivity index (χ1n) is 5.78. The summed E-state index contributed by atoms with van der Waals surface area (Å²) in [4.78, 5) is 0. The van der Waals surface area contributed by atoms with E-state index in [0.717, 1.165) is 27.4 Å². The van der Waals surface area contributed by atoms with Crippen molar-refractivity contribution in [1.82, 2.24) is 0 Å². The molecule has 0 spiro atoms. The third-order valence-corrected chi connectivity index (χ3v) is 3.50. The van der Waals surface area contributed by atoms with E-state index in [-0.39, 0.29) is 0 Å². The van der Waals surface area contributed by atoms with Crippen molar-refractivity contribution in [2.24, 2.45) is 0 Å². The highest BCUT2D eigenvalue weighted by molar-refractivity contribution is 14.1. The van der Waals surface area contributed by atoms with Crippen LogP contribution in [-0.4, -0.2) is 4.43 Å². The van der Waals surface area contributed by atoms with Crippen LogP contribution in [0.1, 0.15) is 11.1 Å². The quantitative estimate of drug-likeness (QED) is 0.514. The van der Waals surface area contributed by atoms with Crippen LogP contribution in [0.25, 0.3) is 0 Å². The minimum absolute atomic E-state index is 0.775. The molecular weight excluding hydrogens is 359 g/mol. The van der Waals surface area contributed by atoms with E-state index in [1.807, 2.05) is 49.4 Å². The highest BCUT2D eigenvalue weighted by atomic mass is 127. The topological polar surface area (TPSA) is 9.23 Å². The van der Waals surface area contributed by atoms with Crippen molar-refractivity contribution in [2.75, 3.05) is 4.43 Å². The van der Waals surface area contributed by atoms with Crippen LogP contribution >= 0.6 is 34.2 Å². The van der Waals surface area contributed by atoms with Crippen LogP contribution in [0, 0.1) is 6.92 Å². The molecule has 2 aromatic rings. The molecule has 94 valence electrons. The SMILES string of the molecule is Cc1cccc(Oc2ccc(CCI)c(Cl)c2)c1. The molecule has 0 unspecified atom stereocenters. The zero-order valence-electron chi connectivity index (χ0n) is 10.1. The predicted molar refractivity (Wildman–Crippen MR) is 85.3 cm³/mol. The third-order valence-electron chi connectivity index (χ3n) is 2.61. The maximum atomic E-state index is 6.22. The molecule has 3 heteroatoms. The van der Waals surface area contributed by atoms with Gasteiger partial charge in [-0.1, -0.05) is 52.4 Å². The molecule has 0 aliphatic rings. The third kappa shape index (κ3) is 3.62. The summed E-state index contributed by atoms with van der Waals surface area (Å²) in [7, 11) is 0. The Labute approximate surface area is 126 Å². The van der Waals surface area contributed by atoms with E-state index in [0.29, 0.717) is 0 Å². The molecule has 0 aromatic heterocycles. The van der Waals surface area contributed by atoms with Gasteiger partial charge in [0.1, 0.15) is 11.5 Å². The Morgan fingerprint density at radius 1 is 1.11 bits per heavy atom. The van der Waals surface area contributed by atoms with Gasteiger partial charge in [0.2, 0.25) is 0 Å². The Hall–Kier alpha value is -0.740. The van der Waals surface area contributed by atoms with Gasteiger partial charge < -0.3 is 4.74 Å². The van der Waals surface area contributed by atoms with Gasteiger partial charge in [0, 0.05) is 9.45 Å². The minimum Gasteiger partial charge on any atom is -0.457 e. The first-order chi connectivity index (χ1) is 8.69. The lowest BCUT2D eigenvalue weighted by atomic mass is 10.1. The number of benzene rings is 2. The number of ether oxygens (including phenoxy) is 1. The van der Waals surface area contributed by atoms with Crippen LogP contribution in [-0.2, 0) is 6.42 Å². The maximum absolute atomic E-state index is 6.22. The molecule has 0 bridgehead atoms. The van der Waals surface area contributed by atoms with Gasteiger partial charge in [-0.05, 0) is 48.7 Å². The van der Waals surface area contributed by atoms with Crippen LogP contribution in [0.3, 0.4) is 0 Å². The molecule has 2 aromatic carbocycles. The molecule has 0 N–H and O–H groups in total. The van der Waals surface area contributed by atoms with Gasteiger partial charge in [0.25, 0.3) is 0 Å². The van der Waals surface area contributed by atoms with Crippen molar-refractivity contribution in [1.29, 1.82) is 0 Å². The molecule has 2 rings (SSSR count). The summed E-state index contributed by atoms with van der Waals surface area (Å²) in [5.41, 5.74) is 2.35. The number of hydrogen-bond donors (Lipinski definition) is 0. The summed E-state index contributed by atoms with van der Waals surface area (Å²) in [5.74, 6) is 1.62. The molecule has 0 aliphatic carbocycles. The number of halogens is 2. The summed E-state index contributed by atoms with van der Waals surface area (Å²) < 4.78 is 6.85. The fourth-order valence-electron chi connectivity index (χ4n) is 1.71. The number of aryl methyl sites for hydroxylation is 2. The molecule has 0 aliphatic heterocycles.